The van der Waals surface area contributed by atoms with Gasteiger partial charge in [0, 0.05) is 31.7 Å². The summed E-state index contributed by atoms with van der Waals surface area (Å²) in [4.78, 5) is 28.6. The molecule has 0 spiro atoms. The van der Waals surface area contributed by atoms with Crippen LogP contribution in [0, 0.1) is 11.8 Å². The third kappa shape index (κ3) is 4.64. The van der Waals surface area contributed by atoms with Gasteiger partial charge in [-0.25, -0.2) is 0 Å². The van der Waals surface area contributed by atoms with Crippen LogP contribution in [0.5, 0.6) is 0 Å². The summed E-state index contributed by atoms with van der Waals surface area (Å²) in [6.45, 7) is 6.84. The predicted octanol–water partition coefficient (Wildman–Crippen LogP) is 2.94. The first-order valence-electron chi connectivity index (χ1n) is 9.75. The first kappa shape index (κ1) is 18.9. The topological polar surface area (TPSA) is 49.9 Å². The molecule has 2 fully saturated rings. The number of amides is 1. The van der Waals surface area contributed by atoms with Gasteiger partial charge in [0.2, 0.25) is 0 Å². The maximum atomic E-state index is 12.7. The van der Waals surface area contributed by atoms with Gasteiger partial charge in [-0.1, -0.05) is 19.1 Å². The number of likely N-dealkylation sites (tertiary alicyclic amines) is 2. The number of benzene rings is 1. The summed E-state index contributed by atoms with van der Waals surface area (Å²) in [5.41, 5.74) is 2.00. The van der Waals surface area contributed by atoms with Crippen molar-refractivity contribution in [1.29, 1.82) is 0 Å². The van der Waals surface area contributed by atoms with Crippen LogP contribution in [0.4, 0.5) is 0 Å². The van der Waals surface area contributed by atoms with Gasteiger partial charge in [-0.15, -0.1) is 0 Å². The third-order valence-electron chi connectivity index (χ3n) is 5.66. The first-order chi connectivity index (χ1) is 12.6. The first-order valence-corrected chi connectivity index (χ1v) is 9.75. The minimum atomic E-state index is -0.159. The third-order valence-corrected chi connectivity index (χ3v) is 5.66. The molecule has 0 aromatic heterocycles. The molecule has 0 N–H and O–H groups in total. The highest BCUT2D eigenvalue weighted by atomic mass is 16.5. The second-order valence-electron chi connectivity index (χ2n) is 7.77. The van der Waals surface area contributed by atoms with Crippen LogP contribution < -0.4 is 0 Å². The number of piperidine rings is 2. The highest BCUT2D eigenvalue weighted by molar-refractivity contribution is 5.94. The van der Waals surface area contributed by atoms with E-state index in [0.29, 0.717) is 25.9 Å². The molecule has 1 unspecified atom stereocenters. The fourth-order valence-electron chi connectivity index (χ4n) is 4.11. The van der Waals surface area contributed by atoms with E-state index in [-0.39, 0.29) is 17.8 Å². The van der Waals surface area contributed by atoms with Gasteiger partial charge in [0.1, 0.15) is 0 Å². The van der Waals surface area contributed by atoms with Crippen LogP contribution in [0.1, 0.15) is 48.5 Å². The zero-order valence-corrected chi connectivity index (χ0v) is 15.9. The van der Waals surface area contributed by atoms with Crippen molar-refractivity contribution in [2.75, 3.05) is 33.3 Å². The van der Waals surface area contributed by atoms with Gasteiger partial charge in [-0.3, -0.25) is 14.5 Å². The average Bonchev–Trinajstić information content (AvgIpc) is 2.67. The largest absolute Gasteiger partial charge is 0.469 e. The number of nitrogens with zero attached hydrogens (tertiary/aromatic N) is 2. The molecule has 0 saturated carbocycles. The molecular formula is C21H30N2O3. The zero-order valence-electron chi connectivity index (χ0n) is 15.9. The number of hydrogen-bond donors (Lipinski definition) is 0. The molecular weight excluding hydrogens is 328 g/mol. The van der Waals surface area contributed by atoms with E-state index in [1.807, 2.05) is 17.0 Å². The molecule has 142 valence electrons. The number of carbonyl (C=O) groups excluding carboxylic acids is 2. The van der Waals surface area contributed by atoms with Gasteiger partial charge in [-0.05, 0) is 55.8 Å². The highest BCUT2D eigenvalue weighted by Gasteiger charge is 2.28. The lowest BCUT2D eigenvalue weighted by Gasteiger charge is -2.31. The van der Waals surface area contributed by atoms with Crippen LogP contribution in [0.3, 0.4) is 0 Å². The molecule has 5 nitrogen and oxygen atoms in total. The van der Waals surface area contributed by atoms with Crippen LogP contribution in [-0.4, -0.2) is 55.0 Å². The van der Waals surface area contributed by atoms with Crippen molar-refractivity contribution in [3.05, 3.63) is 35.4 Å². The Kier molecular flexibility index (Phi) is 6.30. The number of rotatable bonds is 4. The van der Waals surface area contributed by atoms with Crippen molar-refractivity contribution >= 4 is 11.9 Å². The van der Waals surface area contributed by atoms with Crippen LogP contribution >= 0.6 is 0 Å². The Balaban J connectivity index is 1.53. The van der Waals surface area contributed by atoms with E-state index >= 15 is 0 Å². The number of carbonyl (C=O) groups is 2. The molecule has 5 heteroatoms. The Bertz CT molecular complexity index is 621. The summed E-state index contributed by atoms with van der Waals surface area (Å²) in [7, 11) is 1.42. The normalized spacial score (nSPS) is 22.2. The van der Waals surface area contributed by atoms with Gasteiger partial charge in [-0.2, -0.15) is 0 Å². The van der Waals surface area contributed by atoms with Crippen LogP contribution in [-0.2, 0) is 16.1 Å². The summed E-state index contributed by atoms with van der Waals surface area (Å²) in [6.07, 6.45) is 3.98. The van der Waals surface area contributed by atoms with E-state index < -0.39 is 0 Å². The summed E-state index contributed by atoms with van der Waals surface area (Å²) >= 11 is 0. The number of methoxy groups -OCH3 is 1. The van der Waals surface area contributed by atoms with Crippen LogP contribution in [0.2, 0.25) is 0 Å². The Morgan fingerprint density at radius 2 is 1.77 bits per heavy atom. The molecule has 1 amide bonds. The predicted molar refractivity (Wildman–Crippen MR) is 101 cm³/mol. The smallest absolute Gasteiger partial charge is 0.308 e. The van der Waals surface area contributed by atoms with Crippen molar-refractivity contribution in [2.24, 2.45) is 11.8 Å². The molecule has 1 atom stereocenters. The lowest BCUT2D eigenvalue weighted by Crippen LogP contribution is -2.40. The molecule has 3 rings (SSSR count). The van der Waals surface area contributed by atoms with E-state index in [1.54, 1.807) is 0 Å². The second kappa shape index (κ2) is 8.67. The lowest BCUT2D eigenvalue weighted by atomic mass is 9.96. The quantitative estimate of drug-likeness (QED) is 0.777. The number of esters is 1. The summed E-state index contributed by atoms with van der Waals surface area (Å²) in [5, 5.41) is 0. The van der Waals surface area contributed by atoms with Crippen molar-refractivity contribution in [3.8, 4) is 0 Å². The monoisotopic (exact) mass is 358 g/mol. The van der Waals surface area contributed by atoms with Crippen molar-refractivity contribution in [1.82, 2.24) is 9.80 Å². The Hall–Kier alpha value is -1.88. The molecule has 2 aliphatic rings. The number of ether oxygens (including phenoxy) is 1. The van der Waals surface area contributed by atoms with E-state index in [0.717, 1.165) is 24.6 Å². The van der Waals surface area contributed by atoms with Gasteiger partial charge in [0.05, 0.1) is 13.0 Å². The van der Waals surface area contributed by atoms with E-state index in [9.17, 15) is 9.59 Å². The Labute approximate surface area is 156 Å². The van der Waals surface area contributed by atoms with Crippen LogP contribution in [0.25, 0.3) is 0 Å². The molecule has 1 aromatic carbocycles. The minimum Gasteiger partial charge on any atom is -0.469 e. The molecule has 0 radical (unpaired) electrons. The molecule has 2 saturated heterocycles. The minimum absolute atomic E-state index is 0.0615. The Morgan fingerprint density at radius 3 is 2.38 bits per heavy atom. The molecule has 2 aliphatic heterocycles. The van der Waals surface area contributed by atoms with Crippen molar-refractivity contribution in [3.63, 3.8) is 0 Å². The van der Waals surface area contributed by atoms with Gasteiger partial charge >= 0.3 is 5.97 Å². The average molecular weight is 358 g/mol. The second-order valence-corrected chi connectivity index (χ2v) is 7.77. The summed E-state index contributed by atoms with van der Waals surface area (Å²) in [5.74, 6) is 0.607. The fraction of sp³-hybridized carbons (Fsp3) is 0.619. The van der Waals surface area contributed by atoms with Crippen molar-refractivity contribution < 1.29 is 14.3 Å². The zero-order chi connectivity index (χ0) is 18.5. The summed E-state index contributed by atoms with van der Waals surface area (Å²) < 4.78 is 4.81. The van der Waals surface area contributed by atoms with Crippen molar-refractivity contribution in [2.45, 2.75) is 39.2 Å². The molecule has 1 aromatic rings. The maximum Gasteiger partial charge on any atom is 0.308 e. The fourth-order valence-corrected chi connectivity index (χ4v) is 4.11. The molecule has 0 bridgehead atoms. The standard InChI is InChI=1S/C21H30N2O3/c1-16-4-3-11-22(14-16)15-17-5-7-18(8-6-17)20(24)23-12-9-19(10-13-23)21(25)26-2/h5-8,16,19H,3-4,9-15H2,1-2H3. The maximum absolute atomic E-state index is 12.7. The Morgan fingerprint density at radius 1 is 1.08 bits per heavy atom. The SMILES string of the molecule is COC(=O)C1CCN(C(=O)c2ccc(CN3CCCC(C)C3)cc2)CC1. The molecule has 0 aliphatic carbocycles. The van der Waals surface area contributed by atoms with Gasteiger partial charge in [0.25, 0.3) is 5.91 Å². The van der Waals surface area contributed by atoms with Gasteiger partial charge < -0.3 is 9.64 Å². The molecule has 26 heavy (non-hydrogen) atoms. The lowest BCUT2D eigenvalue weighted by molar-refractivity contribution is -0.146. The van der Waals surface area contributed by atoms with E-state index in [2.05, 4.69) is 24.0 Å². The van der Waals surface area contributed by atoms with E-state index in [1.165, 1.54) is 32.1 Å². The highest BCUT2D eigenvalue weighted by Crippen LogP contribution is 2.21. The van der Waals surface area contributed by atoms with E-state index in [4.69, 9.17) is 4.74 Å². The molecule has 2 heterocycles. The van der Waals surface area contributed by atoms with Gasteiger partial charge in [0.15, 0.2) is 0 Å². The summed E-state index contributed by atoms with van der Waals surface area (Å²) in [6, 6.07) is 8.04. The van der Waals surface area contributed by atoms with Crippen LogP contribution in [0.15, 0.2) is 24.3 Å². The number of hydrogen-bond acceptors (Lipinski definition) is 4.